The van der Waals surface area contributed by atoms with Gasteiger partial charge in [-0.1, -0.05) is 23.8 Å². The molecule has 1 aromatic carbocycles. The molecule has 3 aromatic rings. The molecule has 4 rings (SSSR count). The number of rotatable bonds is 2. The van der Waals surface area contributed by atoms with E-state index in [2.05, 4.69) is 10.2 Å². The summed E-state index contributed by atoms with van der Waals surface area (Å²) in [5, 5.41) is 8.62. The third-order valence-electron chi connectivity index (χ3n) is 4.68. The second kappa shape index (κ2) is 6.07. The summed E-state index contributed by atoms with van der Waals surface area (Å²) in [5.74, 6) is 1.29. The lowest BCUT2D eigenvalue weighted by Gasteiger charge is -2.32. The van der Waals surface area contributed by atoms with Gasteiger partial charge in [-0.15, -0.1) is 10.2 Å². The maximum Gasteiger partial charge on any atom is 0.253 e. The minimum Gasteiger partial charge on any atom is -0.338 e. The molecule has 5 heteroatoms. The molecular formula is C19H20N4O. The predicted octanol–water partition coefficient (Wildman–Crippen LogP) is 3.06. The number of pyridine rings is 1. The third-order valence-corrected chi connectivity index (χ3v) is 4.68. The molecule has 0 radical (unpaired) electrons. The van der Waals surface area contributed by atoms with E-state index in [-0.39, 0.29) is 11.8 Å². The van der Waals surface area contributed by atoms with Crippen molar-refractivity contribution in [3.63, 3.8) is 0 Å². The van der Waals surface area contributed by atoms with Gasteiger partial charge in [-0.2, -0.15) is 0 Å². The maximum atomic E-state index is 12.8. The summed E-state index contributed by atoms with van der Waals surface area (Å²) in [6.07, 6.45) is 4.02. The van der Waals surface area contributed by atoms with E-state index in [9.17, 15) is 4.79 Å². The highest BCUT2D eigenvalue weighted by Gasteiger charge is 2.28. The zero-order valence-corrected chi connectivity index (χ0v) is 13.7. The number of fused-ring (bicyclic) bond motifs is 1. The molecule has 3 heterocycles. The highest BCUT2D eigenvalue weighted by atomic mass is 16.2. The van der Waals surface area contributed by atoms with Crippen molar-refractivity contribution in [3.05, 3.63) is 65.6 Å². The van der Waals surface area contributed by atoms with Gasteiger partial charge >= 0.3 is 0 Å². The molecule has 0 N–H and O–H groups in total. The van der Waals surface area contributed by atoms with E-state index in [1.54, 1.807) is 0 Å². The molecule has 0 bridgehead atoms. The van der Waals surface area contributed by atoms with Crippen LogP contribution in [-0.4, -0.2) is 38.5 Å². The highest BCUT2D eigenvalue weighted by molar-refractivity contribution is 5.94. The number of likely N-dealkylation sites (tertiary alicyclic amines) is 1. The van der Waals surface area contributed by atoms with Crippen molar-refractivity contribution in [2.75, 3.05) is 13.1 Å². The Morgan fingerprint density at radius 3 is 2.96 bits per heavy atom. The van der Waals surface area contributed by atoms with Crippen LogP contribution in [0.1, 0.15) is 40.5 Å². The minimum atomic E-state index is 0.109. The normalized spacial score (nSPS) is 18.0. The molecule has 24 heavy (non-hydrogen) atoms. The van der Waals surface area contributed by atoms with Gasteiger partial charge in [-0.05, 0) is 44.0 Å². The van der Waals surface area contributed by atoms with E-state index in [4.69, 9.17) is 0 Å². The molecule has 1 amide bonds. The first-order valence-electron chi connectivity index (χ1n) is 8.38. The van der Waals surface area contributed by atoms with Crippen LogP contribution in [0, 0.1) is 6.92 Å². The number of benzene rings is 1. The van der Waals surface area contributed by atoms with Crippen LogP contribution in [0.3, 0.4) is 0 Å². The Balaban J connectivity index is 1.59. The van der Waals surface area contributed by atoms with E-state index in [1.165, 1.54) is 0 Å². The molecule has 122 valence electrons. The third kappa shape index (κ3) is 2.66. The highest BCUT2D eigenvalue weighted by Crippen LogP contribution is 2.27. The predicted molar refractivity (Wildman–Crippen MR) is 92.0 cm³/mol. The van der Waals surface area contributed by atoms with Gasteiger partial charge in [0.05, 0.1) is 0 Å². The van der Waals surface area contributed by atoms with Crippen molar-refractivity contribution < 1.29 is 4.79 Å². The summed E-state index contributed by atoms with van der Waals surface area (Å²) in [7, 11) is 0. The first-order valence-corrected chi connectivity index (χ1v) is 8.38. The fraction of sp³-hybridized carbons (Fsp3) is 0.316. The Hall–Kier alpha value is -2.69. The van der Waals surface area contributed by atoms with Crippen molar-refractivity contribution in [2.24, 2.45) is 0 Å². The van der Waals surface area contributed by atoms with E-state index in [0.717, 1.165) is 42.0 Å². The van der Waals surface area contributed by atoms with Gasteiger partial charge in [-0.25, -0.2) is 0 Å². The first kappa shape index (κ1) is 14.9. The summed E-state index contributed by atoms with van der Waals surface area (Å²) in [4.78, 5) is 14.8. The molecule has 0 spiro atoms. The first-order chi connectivity index (χ1) is 11.7. The SMILES string of the molecule is Cc1cccc(C(=O)N2CCCC(c3nnc4ccccn34)C2)c1. The van der Waals surface area contributed by atoms with E-state index < -0.39 is 0 Å². The van der Waals surface area contributed by atoms with Crippen LogP contribution in [0.15, 0.2) is 48.7 Å². The Bertz CT molecular complexity index is 886. The minimum absolute atomic E-state index is 0.109. The molecular weight excluding hydrogens is 300 g/mol. The van der Waals surface area contributed by atoms with Gasteiger partial charge in [0, 0.05) is 30.8 Å². The quantitative estimate of drug-likeness (QED) is 0.729. The Kier molecular flexibility index (Phi) is 3.76. The molecule has 1 fully saturated rings. The second-order valence-electron chi connectivity index (χ2n) is 6.45. The number of amides is 1. The van der Waals surface area contributed by atoms with Crippen LogP contribution in [-0.2, 0) is 0 Å². The Labute approximate surface area is 140 Å². The summed E-state index contributed by atoms with van der Waals surface area (Å²) in [6.45, 7) is 3.51. The molecule has 1 atom stereocenters. The number of hydrogen-bond acceptors (Lipinski definition) is 3. The van der Waals surface area contributed by atoms with Gasteiger partial charge in [0.1, 0.15) is 5.82 Å². The molecule has 1 aliphatic heterocycles. The number of piperidine rings is 1. The lowest BCUT2D eigenvalue weighted by atomic mass is 9.96. The van der Waals surface area contributed by atoms with Crippen molar-refractivity contribution >= 4 is 11.6 Å². The fourth-order valence-corrected chi connectivity index (χ4v) is 3.47. The molecule has 1 unspecified atom stereocenters. The van der Waals surface area contributed by atoms with Crippen LogP contribution in [0.4, 0.5) is 0 Å². The van der Waals surface area contributed by atoms with Crippen molar-refractivity contribution in [1.82, 2.24) is 19.5 Å². The van der Waals surface area contributed by atoms with Gasteiger partial charge < -0.3 is 4.90 Å². The number of hydrogen-bond donors (Lipinski definition) is 0. The summed E-state index contributed by atoms with van der Waals surface area (Å²) in [6, 6.07) is 13.7. The van der Waals surface area contributed by atoms with Gasteiger partial charge in [0.2, 0.25) is 0 Å². The molecule has 1 aliphatic rings. The maximum absolute atomic E-state index is 12.8. The molecule has 0 aliphatic carbocycles. The van der Waals surface area contributed by atoms with Crippen LogP contribution in [0.25, 0.3) is 5.65 Å². The summed E-state index contributed by atoms with van der Waals surface area (Å²) >= 11 is 0. The summed E-state index contributed by atoms with van der Waals surface area (Å²) < 4.78 is 2.03. The van der Waals surface area contributed by atoms with E-state index in [0.29, 0.717) is 6.54 Å². The van der Waals surface area contributed by atoms with Gasteiger partial charge in [-0.3, -0.25) is 9.20 Å². The van der Waals surface area contributed by atoms with E-state index >= 15 is 0 Å². The monoisotopic (exact) mass is 320 g/mol. The summed E-state index contributed by atoms with van der Waals surface area (Å²) in [5.41, 5.74) is 2.73. The number of aryl methyl sites for hydroxylation is 1. The topological polar surface area (TPSA) is 50.5 Å². The van der Waals surface area contributed by atoms with Gasteiger partial charge in [0.25, 0.3) is 5.91 Å². The lowest BCUT2D eigenvalue weighted by Crippen LogP contribution is -2.39. The van der Waals surface area contributed by atoms with E-state index in [1.807, 2.05) is 64.9 Å². The average molecular weight is 320 g/mol. The van der Waals surface area contributed by atoms with Crippen molar-refractivity contribution in [3.8, 4) is 0 Å². The van der Waals surface area contributed by atoms with Crippen molar-refractivity contribution in [1.29, 1.82) is 0 Å². The average Bonchev–Trinajstić information content (AvgIpc) is 3.05. The molecule has 1 saturated heterocycles. The second-order valence-corrected chi connectivity index (χ2v) is 6.45. The number of carbonyl (C=O) groups excluding carboxylic acids is 1. The zero-order valence-electron chi connectivity index (χ0n) is 13.7. The van der Waals surface area contributed by atoms with Crippen LogP contribution in [0.5, 0.6) is 0 Å². The number of carbonyl (C=O) groups is 1. The van der Waals surface area contributed by atoms with Crippen LogP contribution in [0.2, 0.25) is 0 Å². The van der Waals surface area contributed by atoms with Crippen molar-refractivity contribution in [2.45, 2.75) is 25.7 Å². The standard InChI is InChI=1S/C19H20N4O/c1-14-6-4-7-15(12-14)19(24)22-10-5-8-16(13-22)18-21-20-17-9-2-3-11-23(17)18/h2-4,6-7,9,11-12,16H,5,8,10,13H2,1H3. The van der Waals surface area contributed by atoms with Crippen LogP contribution < -0.4 is 0 Å². The number of aromatic nitrogens is 3. The largest absolute Gasteiger partial charge is 0.338 e. The molecule has 0 saturated carbocycles. The number of nitrogens with zero attached hydrogens (tertiary/aromatic N) is 4. The smallest absolute Gasteiger partial charge is 0.253 e. The van der Waals surface area contributed by atoms with Gasteiger partial charge in [0.15, 0.2) is 5.65 Å². The Morgan fingerprint density at radius 1 is 1.17 bits per heavy atom. The fourth-order valence-electron chi connectivity index (χ4n) is 3.47. The Morgan fingerprint density at radius 2 is 2.08 bits per heavy atom. The lowest BCUT2D eigenvalue weighted by molar-refractivity contribution is 0.0704. The van der Waals surface area contributed by atoms with Crippen LogP contribution >= 0.6 is 0 Å². The zero-order chi connectivity index (χ0) is 16.5. The molecule has 2 aromatic heterocycles. The molecule has 5 nitrogen and oxygen atoms in total.